The predicted octanol–water partition coefficient (Wildman–Crippen LogP) is -0.648. The van der Waals surface area contributed by atoms with Crippen LogP contribution >= 0.6 is 0 Å². The van der Waals surface area contributed by atoms with Crippen LogP contribution in [-0.4, -0.2) is 46.8 Å². The molecule has 1 heterocycles. The molecule has 0 spiro atoms. The topological polar surface area (TPSA) is 60.8 Å². The molecule has 4 nitrogen and oxygen atoms in total. The lowest BCUT2D eigenvalue weighted by Crippen LogP contribution is -2.29. The van der Waals surface area contributed by atoms with Crippen molar-refractivity contribution in [1.29, 1.82) is 0 Å². The van der Waals surface area contributed by atoms with E-state index in [0.29, 0.717) is 32.4 Å². The first-order valence-electron chi connectivity index (χ1n) is 4.30. The van der Waals surface area contributed by atoms with Gasteiger partial charge in [0.25, 0.3) is 0 Å². The van der Waals surface area contributed by atoms with Crippen molar-refractivity contribution in [2.75, 3.05) is 19.7 Å². The minimum atomic E-state index is -0.344. The molecule has 1 aliphatic heterocycles. The lowest BCUT2D eigenvalue weighted by atomic mass is 10.3. The number of β-amino-alcohol motifs (C(OH)–C–C–N with tert-alkyl or cyclic N) is 1. The van der Waals surface area contributed by atoms with Crippen molar-refractivity contribution >= 4 is 5.91 Å². The monoisotopic (exact) mass is 173 g/mol. The third-order valence-corrected chi connectivity index (χ3v) is 2.06. The van der Waals surface area contributed by atoms with Gasteiger partial charge in [0.05, 0.1) is 6.10 Å². The van der Waals surface area contributed by atoms with Crippen LogP contribution in [-0.2, 0) is 4.79 Å². The number of rotatable bonds is 3. The largest absolute Gasteiger partial charge is 0.396 e. The number of hydrogen-bond donors (Lipinski definition) is 2. The lowest BCUT2D eigenvalue weighted by molar-refractivity contribution is -0.130. The molecule has 1 rings (SSSR count). The highest BCUT2D eigenvalue weighted by Crippen LogP contribution is 2.10. The van der Waals surface area contributed by atoms with Gasteiger partial charge < -0.3 is 15.1 Å². The second-order valence-electron chi connectivity index (χ2n) is 3.11. The maximum absolute atomic E-state index is 11.3. The van der Waals surface area contributed by atoms with Crippen LogP contribution in [0.15, 0.2) is 0 Å². The first-order chi connectivity index (χ1) is 5.74. The third kappa shape index (κ3) is 2.46. The fourth-order valence-electron chi connectivity index (χ4n) is 1.36. The predicted molar refractivity (Wildman–Crippen MR) is 43.5 cm³/mol. The Morgan fingerprint density at radius 3 is 2.83 bits per heavy atom. The summed E-state index contributed by atoms with van der Waals surface area (Å²) in [5.41, 5.74) is 0. The lowest BCUT2D eigenvalue weighted by Gasteiger charge is -2.14. The van der Waals surface area contributed by atoms with Gasteiger partial charge in [0.2, 0.25) is 5.91 Å². The fourth-order valence-corrected chi connectivity index (χ4v) is 1.36. The van der Waals surface area contributed by atoms with Gasteiger partial charge in [0.15, 0.2) is 0 Å². The van der Waals surface area contributed by atoms with Crippen LogP contribution in [0.3, 0.4) is 0 Å². The fraction of sp³-hybridized carbons (Fsp3) is 0.875. The van der Waals surface area contributed by atoms with Crippen molar-refractivity contribution in [3.8, 4) is 0 Å². The normalized spacial score (nSPS) is 23.2. The van der Waals surface area contributed by atoms with Gasteiger partial charge >= 0.3 is 0 Å². The Morgan fingerprint density at radius 1 is 1.58 bits per heavy atom. The molecule has 1 aliphatic rings. The van der Waals surface area contributed by atoms with Gasteiger partial charge in [0.1, 0.15) is 0 Å². The van der Waals surface area contributed by atoms with Crippen LogP contribution in [0.2, 0.25) is 0 Å². The van der Waals surface area contributed by atoms with E-state index in [0.717, 1.165) is 0 Å². The summed E-state index contributed by atoms with van der Waals surface area (Å²) in [7, 11) is 0. The van der Waals surface area contributed by atoms with Gasteiger partial charge in [-0.25, -0.2) is 0 Å². The maximum Gasteiger partial charge on any atom is 0.222 e. The van der Waals surface area contributed by atoms with E-state index in [1.54, 1.807) is 4.90 Å². The maximum atomic E-state index is 11.3. The summed E-state index contributed by atoms with van der Waals surface area (Å²) < 4.78 is 0. The molecule has 0 radical (unpaired) electrons. The van der Waals surface area contributed by atoms with Crippen molar-refractivity contribution in [1.82, 2.24) is 4.90 Å². The minimum absolute atomic E-state index is 0.0422. The summed E-state index contributed by atoms with van der Waals surface area (Å²) in [6.07, 6.45) is 1.25. The van der Waals surface area contributed by atoms with Gasteiger partial charge in [-0.05, 0) is 12.8 Å². The Morgan fingerprint density at radius 2 is 2.33 bits per heavy atom. The van der Waals surface area contributed by atoms with Crippen molar-refractivity contribution in [3.05, 3.63) is 0 Å². The Balaban J connectivity index is 2.23. The second kappa shape index (κ2) is 4.42. The molecule has 70 valence electrons. The number of likely N-dealkylation sites (tertiary alicyclic amines) is 1. The number of carbonyl (C=O) groups is 1. The highest BCUT2D eigenvalue weighted by atomic mass is 16.3. The summed E-state index contributed by atoms with van der Waals surface area (Å²) in [6, 6.07) is 0. The molecule has 1 saturated heterocycles. The number of aliphatic hydroxyl groups excluding tert-OH is 2. The Kier molecular flexibility index (Phi) is 3.49. The third-order valence-electron chi connectivity index (χ3n) is 2.06. The smallest absolute Gasteiger partial charge is 0.222 e. The molecule has 2 N–H and O–H groups in total. The van der Waals surface area contributed by atoms with Crippen molar-refractivity contribution in [2.24, 2.45) is 0 Å². The molecular weight excluding hydrogens is 158 g/mol. The quantitative estimate of drug-likeness (QED) is 0.596. The standard InChI is InChI=1S/C8H15NO3/c10-5-1-2-8(12)9-4-3-7(11)6-9/h7,10-11H,1-6H2. The molecule has 1 amide bonds. The van der Waals surface area contributed by atoms with E-state index in [4.69, 9.17) is 10.2 Å². The van der Waals surface area contributed by atoms with Crippen molar-refractivity contribution in [3.63, 3.8) is 0 Å². The Labute approximate surface area is 71.8 Å². The molecule has 0 saturated carbocycles. The number of nitrogens with zero attached hydrogens (tertiary/aromatic N) is 1. The molecule has 0 aromatic heterocycles. The van der Waals surface area contributed by atoms with Crippen molar-refractivity contribution in [2.45, 2.75) is 25.4 Å². The highest BCUT2D eigenvalue weighted by molar-refractivity contribution is 5.76. The number of aliphatic hydroxyl groups is 2. The molecule has 0 aliphatic carbocycles. The van der Waals surface area contributed by atoms with E-state index in [1.165, 1.54) is 0 Å². The van der Waals surface area contributed by atoms with Crippen LogP contribution < -0.4 is 0 Å². The highest BCUT2D eigenvalue weighted by Gasteiger charge is 2.23. The average molecular weight is 173 g/mol. The molecule has 1 atom stereocenters. The Hall–Kier alpha value is -0.610. The summed E-state index contributed by atoms with van der Waals surface area (Å²) in [5, 5.41) is 17.6. The first-order valence-corrected chi connectivity index (χ1v) is 4.30. The zero-order valence-corrected chi connectivity index (χ0v) is 7.07. The average Bonchev–Trinajstić information content (AvgIpc) is 2.47. The van der Waals surface area contributed by atoms with E-state index in [1.807, 2.05) is 0 Å². The molecular formula is C8H15NO3. The summed E-state index contributed by atoms with van der Waals surface area (Å²) >= 11 is 0. The molecule has 0 bridgehead atoms. The van der Waals surface area contributed by atoms with Gasteiger partial charge in [-0.1, -0.05) is 0 Å². The zero-order valence-electron chi connectivity index (χ0n) is 7.07. The van der Waals surface area contributed by atoms with E-state index >= 15 is 0 Å². The van der Waals surface area contributed by atoms with E-state index in [2.05, 4.69) is 0 Å². The minimum Gasteiger partial charge on any atom is -0.396 e. The van der Waals surface area contributed by atoms with Gasteiger partial charge in [-0.15, -0.1) is 0 Å². The molecule has 0 aromatic rings. The van der Waals surface area contributed by atoms with Crippen LogP contribution in [0, 0.1) is 0 Å². The molecule has 4 heteroatoms. The van der Waals surface area contributed by atoms with Gasteiger partial charge in [-0.2, -0.15) is 0 Å². The number of carbonyl (C=O) groups excluding carboxylic acids is 1. The summed E-state index contributed by atoms with van der Waals surface area (Å²) in [5.74, 6) is 0.0422. The molecule has 1 fully saturated rings. The Bertz CT molecular complexity index is 160. The van der Waals surface area contributed by atoms with Crippen LogP contribution in [0.25, 0.3) is 0 Å². The van der Waals surface area contributed by atoms with E-state index < -0.39 is 0 Å². The van der Waals surface area contributed by atoms with Crippen molar-refractivity contribution < 1.29 is 15.0 Å². The SMILES string of the molecule is O=C(CCCO)N1CCC(O)C1. The number of amides is 1. The summed E-state index contributed by atoms with van der Waals surface area (Å²) in [6.45, 7) is 1.18. The van der Waals surface area contributed by atoms with E-state index in [9.17, 15) is 4.79 Å². The van der Waals surface area contributed by atoms with Gasteiger partial charge in [0, 0.05) is 26.1 Å². The second-order valence-corrected chi connectivity index (χ2v) is 3.11. The number of hydrogen-bond acceptors (Lipinski definition) is 3. The molecule has 0 aromatic carbocycles. The van der Waals surface area contributed by atoms with Crippen LogP contribution in [0.1, 0.15) is 19.3 Å². The first kappa shape index (κ1) is 9.48. The molecule has 1 unspecified atom stereocenters. The molecule has 12 heavy (non-hydrogen) atoms. The van der Waals surface area contributed by atoms with Crippen LogP contribution in [0.4, 0.5) is 0 Å². The van der Waals surface area contributed by atoms with Crippen LogP contribution in [0.5, 0.6) is 0 Å². The van der Waals surface area contributed by atoms with Gasteiger partial charge in [-0.3, -0.25) is 4.79 Å². The van der Waals surface area contributed by atoms with E-state index in [-0.39, 0.29) is 18.6 Å². The summed E-state index contributed by atoms with van der Waals surface area (Å²) in [4.78, 5) is 12.9. The zero-order chi connectivity index (χ0) is 8.97.